The highest BCUT2D eigenvalue weighted by atomic mass is 16.5. The molecule has 0 heterocycles. The van der Waals surface area contributed by atoms with E-state index in [2.05, 4.69) is 0 Å². The number of amides is 1. The van der Waals surface area contributed by atoms with Crippen LogP contribution in [0.1, 0.15) is 10.4 Å². The molecule has 15 heavy (non-hydrogen) atoms. The van der Waals surface area contributed by atoms with Crippen molar-refractivity contribution in [3.63, 3.8) is 0 Å². The van der Waals surface area contributed by atoms with Gasteiger partial charge in [0.05, 0.1) is 0 Å². The largest absolute Gasteiger partial charge is 0.286 e. The monoisotopic (exact) mass is 201 g/mol. The summed E-state index contributed by atoms with van der Waals surface area (Å²) in [5.74, 6) is -0.396. The fourth-order valence-corrected chi connectivity index (χ4v) is 1.59. The first-order valence-corrected chi connectivity index (χ1v) is 4.65. The van der Waals surface area contributed by atoms with Crippen LogP contribution >= 0.6 is 0 Å². The van der Waals surface area contributed by atoms with Crippen LogP contribution in [0.3, 0.4) is 0 Å². The molecular formula is C12H11NO2. The van der Waals surface area contributed by atoms with Crippen molar-refractivity contribution in [3.8, 4) is 0 Å². The Morgan fingerprint density at radius 3 is 2.53 bits per heavy atom. The number of fused-ring (bicyclic) bond motifs is 1. The molecule has 2 rings (SSSR count). The van der Waals surface area contributed by atoms with E-state index in [9.17, 15) is 4.79 Å². The lowest BCUT2D eigenvalue weighted by Gasteiger charge is -2.10. The third kappa shape index (κ3) is 1.69. The van der Waals surface area contributed by atoms with Crippen LogP contribution in [-0.4, -0.2) is 23.2 Å². The van der Waals surface area contributed by atoms with Crippen molar-refractivity contribution in [1.82, 2.24) is 5.06 Å². The smallest absolute Gasteiger partial charge is 0.277 e. The maximum Gasteiger partial charge on any atom is 0.277 e. The summed E-state index contributed by atoms with van der Waals surface area (Å²) >= 11 is 0. The molecule has 0 radical (unpaired) electrons. The van der Waals surface area contributed by atoms with Crippen molar-refractivity contribution < 1.29 is 10.0 Å². The third-order valence-electron chi connectivity index (χ3n) is 2.31. The van der Waals surface area contributed by atoms with Gasteiger partial charge in [0.1, 0.15) is 0 Å². The number of hydrogen-bond acceptors (Lipinski definition) is 2. The van der Waals surface area contributed by atoms with Gasteiger partial charge in [-0.1, -0.05) is 36.4 Å². The number of nitrogens with zero attached hydrogens (tertiary/aromatic N) is 1. The van der Waals surface area contributed by atoms with Crippen molar-refractivity contribution in [2.75, 3.05) is 7.05 Å². The molecule has 76 valence electrons. The molecule has 3 nitrogen and oxygen atoms in total. The second-order valence-electron chi connectivity index (χ2n) is 3.36. The minimum Gasteiger partial charge on any atom is -0.286 e. The zero-order valence-electron chi connectivity index (χ0n) is 8.34. The van der Waals surface area contributed by atoms with E-state index in [-0.39, 0.29) is 0 Å². The van der Waals surface area contributed by atoms with E-state index < -0.39 is 5.91 Å². The van der Waals surface area contributed by atoms with E-state index in [1.165, 1.54) is 7.05 Å². The van der Waals surface area contributed by atoms with Crippen LogP contribution in [0.25, 0.3) is 10.8 Å². The number of hydroxylamine groups is 2. The van der Waals surface area contributed by atoms with Gasteiger partial charge < -0.3 is 0 Å². The van der Waals surface area contributed by atoms with Gasteiger partial charge in [-0.25, -0.2) is 5.06 Å². The Kier molecular flexibility index (Phi) is 2.39. The van der Waals surface area contributed by atoms with Gasteiger partial charge in [-0.2, -0.15) is 0 Å². The van der Waals surface area contributed by atoms with Crippen molar-refractivity contribution in [1.29, 1.82) is 0 Å². The number of hydrogen-bond donors (Lipinski definition) is 1. The second kappa shape index (κ2) is 3.71. The first-order chi connectivity index (χ1) is 7.20. The lowest BCUT2D eigenvalue weighted by Crippen LogP contribution is -2.22. The van der Waals surface area contributed by atoms with Crippen LogP contribution in [0.15, 0.2) is 42.5 Å². The zero-order valence-corrected chi connectivity index (χ0v) is 8.34. The van der Waals surface area contributed by atoms with Gasteiger partial charge in [0, 0.05) is 12.6 Å². The van der Waals surface area contributed by atoms with Gasteiger partial charge in [0.15, 0.2) is 0 Å². The van der Waals surface area contributed by atoms with E-state index in [0.29, 0.717) is 10.6 Å². The zero-order chi connectivity index (χ0) is 10.8. The molecule has 0 spiro atoms. The van der Waals surface area contributed by atoms with E-state index in [4.69, 9.17) is 5.21 Å². The fourth-order valence-electron chi connectivity index (χ4n) is 1.59. The Labute approximate surface area is 87.5 Å². The van der Waals surface area contributed by atoms with Crippen molar-refractivity contribution in [2.24, 2.45) is 0 Å². The number of benzene rings is 2. The molecule has 2 aromatic carbocycles. The summed E-state index contributed by atoms with van der Waals surface area (Å²) in [6, 6.07) is 13.0. The topological polar surface area (TPSA) is 40.5 Å². The minimum absolute atomic E-state index is 0.396. The third-order valence-corrected chi connectivity index (χ3v) is 2.31. The molecule has 0 aliphatic rings. The summed E-state index contributed by atoms with van der Waals surface area (Å²) in [5, 5.41) is 11.6. The standard InChI is InChI=1S/C12H11NO2/c1-13(15)12(14)11-8-4-6-9-5-2-3-7-10(9)11/h2-8,15H,1H3. The van der Waals surface area contributed by atoms with E-state index in [0.717, 1.165) is 10.8 Å². The summed E-state index contributed by atoms with van der Waals surface area (Å²) < 4.78 is 0. The van der Waals surface area contributed by atoms with E-state index in [1.54, 1.807) is 12.1 Å². The van der Waals surface area contributed by atoms with E-state index in [1.807, 2.05) is 30.3 Å². The van der Waals surface area contributed by atoms with Crippen LogP contribution in [0, 0.1) is 0 Å². The van der Waals surface area contributed by atoms with Gasteiger partial charge in [0.25, 0.3) is 5.91 Å². The molecule has 0 saturated heterocycles. The number of carbonyl (C=O) groups excluding carboxylic acids is 1. The minimum atomic E-state index is -0.396. The van der Waals surface area contributed by atoms with E-state index >= 15 is 0 Å². The molecule has 1 N–H and O–H groups in total. The predicted molar refractivity (Wildman–Crippen MR) is 57.8 cm³/mol. The van der Waals surface area contributed by atoms with Gasteiger partial charge in [0.2, 0.25) is 0 Å². The van der Waals surface area contributed by atoms with Crippen LogP contribution in [0.4, 0.5) is 0 Å². The van der Waals surface area contributed by atoms with Crippen LogP contribution in [-0.2, 0) is 0 Å². The molecule has 0 aliphatic carbocycles. The Bertz CT molecular complexity index is 500. The first-order valence-electron chi connectivity index (χ1n) is 4.65. The summed E-state index contributed by atoms with van der Waals surface area (Å²) in [6.07, 6.45) is 0. The molecule has 1 amide bonds. The normalized spacial score (nSPS) is 10.3. The Morgan fingerprint density at radius 2 is 1.80 bits per heavy atom. The highest BCUT2D eigenvalue weighted by Crippen LogP contribution is 2.19. The van der Waals surface area contributed by atoms with Gasteiger partial charge in [-0.3, -0.25) is 10.0 Å². The quantitative estimate of drug-likeness (QED) is 0.568. The molecule has 0 unspecified atom stereocenters. The van der Waals surface area contributed by atoms with Gasteiger partial charge in [-0.15, -0.1) is 0 Å². The lowest BCUT2D eigenvalue weighted by atomic mass is 10.0. The highest BCUT2D eigenvalue weighted by molar-refractivity contribution is 6.06. The van der Waals surface area contributed by atoms with Crippen LogP contribution < -0.4 is 0 Å². The van der Waals surface area contributed by atoms with Gasteiger partial charge >= 0.3 is 0 Å². The number of rotatable bonds is 1. The summed E-state index contributed by atoms with van der Waals surface area (Å²) in [6.45, 7) is 0. The molecule has 0 bridgehead atoms. The summed E-state index contributed by atoms with van der Waals surface area (Å²) in [5.41, 5.74) is 0.512. The molecular weight excluding hydrogens is 190 g/mol. The van der Waals surface area contributed by atoms with Crippen LogP contribution in [0.5, 0.6) is 0 Å². The first kappa shape index (κ1) is 9.68. The molecule has 0 fully saturated rings. The number of carbonyl (C=O) groups is 1. The molecule has 3 heteroatoms. The highest BCUT2D eigenvalue weighted by Gasteiger charge is 2.11. The summed E-state index contributed by atoms with van der Waals surface area (Å²) in [7, 11) is 1.32. The van der Waals surface area contributed by atoms with Crippen LogP contribution in [0.2, 0.25) is 0 Å². The molecule has 0 aliphatic heterocycles. The van der Waals surface area contributed by atoms with Crippen molar-refractivity contribution >= 4 is 16.7 Å². The SMILES string of the molecule is CN(O)C(=O)c1cccc2ccccc12. The average Bonchev–Trinajstić information content (AvgIpc) is 2.27. The van der Waals surface area contributed by atoms with Gasteiger partial charge in [-0.05, 0) is 16.8 Å². The lowest BCUT2D eigenvalue weighted by molar-refractivity contribution is -0.0373. The Morgan fingerprint density at radius 1 is 1.13 bits per heavy atom. The maximum absolute atomic E-state index is 11.6. The fraction of sp³-hybridized carbons (Fsp3) is 0.0833. The summed E-state index contributed by atoms with van der Waals surface area (Å²) in [4.78, 5) is 11.6. The van der Waals surface area contributed by atoms with Crippen molar-refractivity contribution in [3.05, 3.63) is 48.0 Å². The molecule has 0 saturated carbocycles. The molecule has 0 aromatic heterocycles. The van der Waals surface area contributed by atoms with Crippen molar-refractivity contribution in [2.45, 2.75) is 0 Å². The Balaban J connectivity index is 2.66. The molecule has 0 atom stereocenters. The average molecular weight is 201 g/mol. The Hall–Kier alpha value is -1.87. The predicted octanol–water partition coefficient (Wildman–Crippen LogP) is 2.30. The second-order valence-corrected chi connectivity index (χ2v) is 3.36. The maximum atomic E-state index is 11.6. The molecule has 2 aromatic rings.